The van der Waals surface area contributed by atoms with Crippen LogP contribution in [-0.4, -0.2) is 17.5 Å². The normalized spacial score (nSPS) is 10.2. The van der Waals surface area contributed by atoms with Crippen LogP contribution in [0.2, 0.25) is 0 Å². The number of rotatable bonds is 7. The third kappa shape index (κ3) is 4.35. The minimum Gasteiger partial charge on any atom is -0.483 e. The van der Waals surface area contributed by atoms with Crippen LogP contribution in [0.3, 0.4) is 0 Å². The number of carbonyl (C=O) groups excluding carboxylic acids is 1. The predicted octanol–water partition coefficient (Wildman–Crippen LogP) is 3.50. The smallest absolute Gasteiger partial charge is 0.264 e. The summed E-state index contributed by atoms with van der Waals surface area (Å²) in [4.78, 5) is 15.7. The average molecular weight is 290 g/mol. The summed E-state index contributed by atoms with van der Waals surface area (Å²) in [5, 5.41) is 5.11. The van der Waals surface area contributed by atoms with Gasteiger partial charge in [-0.3, -0.25) is 10.1 Å². The molecule has 20 heavy (non-hydrogen) atoms. The molecule has 0 saturated carbocycles. The number of benzene rings is 1. The molecule has 5 heteroatoms. The largest absolute Gasteiger partial charge is 0.483 e. The van der Waals surface area contributed by atoms with Crippen molar-refractivity contribution in [3.8, 4) is 5.75 Å². The van der Waals surface area contributed by atoms with Crippen molar-refractivity contribution in [2.24, 2.45) is 0 Å². The van der Waals surface area contributed by atoms with Crippen molar-refractivity contribution < 1.29 is 9.53 Å². The summed E-state index contributed by atoms with van der Waals surface area (Å²) in [7, 11) is 0. The van der Waals surface area contributed by atoms with Crippen molar-refractivity contribution >= 4 is 22.4 Å². The lowest BCUT2D eigenvalue weighted by molar-refractivity contribution is -0.118. The van der Waals surface area contributed by atoms with E-state index >= 15 is 0 Å². The molecule has 0 fully saturated rings. The lowest BCUT2D eigenvalue weighted by atomic mass is 10.1. The summed E-state index contributed by atoms with van der Waals surface area (Å²) in [6, 6.07) is 7.86. The highest BCUT2D eigenvalue weighted by atomic mass is 32.1. The Balaban J connectivity index is 1.88. The number of nitrogens with zero attached hydrogens (tertiary/aromatic N) is 1. The van der Waals surface area contributed by atoms with Gasteiger partial charge in [-0.15, -0.1) is 11.3 Å². The number of nitrogens with one attached hydrogen (secondary N) is 1. The van der Waals surface area contributed by atoms with Crippen LogP contribution < -0.4 is 10.1 Å². The van der Waals surface area contributed by atoms with Gasteiger partial charge in [-0.1, -0.05) is 31.5 Å². The van der Waals surface area contributed by atoms with E-state index in [0.717, 1.165) is 30.6 Å². The fourth-order valence-electron chi connectivity index (χ4n) is 1.80. The van der Waals surface area contributed by atoms with Crippen LogP contribution in [0.15, 0.2) is 35.8 Å². The first-order valence-electron chi connectivity index (χ1n) is 6.69. The minimum atomic E-state index is -0.190. The van der Waals surface area contributed by atoms with Crippen LogP contribution in [0.4, 0.5) is 5.13 Å². The van der Waals surface area contributed by atoms with E-state index in [2.05, 4.69) is 17.2 Å². The van der Waals surface area contributed by atoms with Crippen molar-refractivity contribution in [3.63, 3.8) is 0 Å². The molecule has 0 aliphatic heterocycles. The average Bonchev–Trinajstić information content (AvgIpc) is 2.96. The summed E-state index contributed by atoms with van der Waals surface area (Å²) in [6.45, 7) is 2.16. The topological polar surface area (TPSA) is 51.2 Å². The number of amides is 1. The minimum absolute atomic E-state index is 0.00270. The van der Waals surface area contributed by atoms with Gasteiger partial charge in [0.05, 0.1) is 0 Å². The molecule has 0 unspecified atom stereocenters. The molecule has 0 aliphatic rings. The number of carbonyl (C=O) groups is 1. The number of para-hydroxylation sites is 1. The molecule has 0 aliphatic carbocycles. The quantitative estimate of drug-likeness (QED) is 0.849. The molecule has 1 aromatic heterocycles. The van der Waals surface area contributed by atoms with Crippen LogP contribution in [0.25, 0.3) is 0 Å². The van der Waals surface area contributed by atoms with Crippen molar-refractivity contribution in [2.75, 3.05) is 11.9 Å². The van der Waals surface area contributed by atoms with E-state index in [1.807, 2.05) is 29.6 Å². The second-order valence-corrected chi connectivity index (χ2v) is 5.28. The Morgan fingerprint density at radius 2 is 2.25 bits per heavy atom. The summed E-state index contributed by atoms with van der Waals surface area (Å²) >= 11 is 1.39. The summed E-state index contributed by atoms with van der Waals surface area (Å²) in [6.07, 6.45) is 4.88. The highest BCUT2D eigenvalue weighted by Gasteiger charge is 2.07. The van der Waals surface area contributed by atoms with Gasteiger partial charge in [-0.05, 0) is 24.5 Å². The van der Waals surface area contributed by atoms with Gasteiger partial charge in [-0.25, -0.2) is 4.98 Å². The Bertz CT molecular complexity index is 541. The van der Waals surface area contributed by atoms with Gasteiger partial charge in [0.15, 0.2) is 11.7 Å². The highest BCUT2D eigenvalue weighted by Crippen LogP contribution is 2.20. The first kappa shape index (κ1) is 14.5. The fourth-order valence-corrected chi connectivity index (χ4v) is 2.35. The summed E-state index contributed by atoms with van der Waals surface area (Å²) in [5.74, 6) is 0.598. The van der Waals surface area contributed by atoms with Gasteiger partial charge < -0.3 is 4.74 Å². The van der Waals surface area contributed by atoms with Gasteiger partial charge in [0, 0.05) is 11.6 Å². The predicted molar refractivity (Wildman–Crippen MR) is 81.3 cm³/mol. The molecule has 0 spiro atoms. The van der Waals surface area contributed by atoms with E-state index < -0.39 is 0 Å². The number of hydrogen-bond acceptors (Lipinski definition) is 4. The van der Waals surface area contributed by atoms with Crippen LogP contribution in [-0.2, 0) is 11.2 Å². The molecule has 1 N–H and O–H groups in total. The molecule has 1 amide bonds. The molecule has 0 radical (unpaired) electrons. The van der Waals surface area contributed by atoms with Gasteiger partial charge in [0.2, 0.25) is 0 Å². The van der Waals surface area contributed by atoms with Crippen LogP contribution in [0, 0.1) is 0 Å². The maximum absolute atomic E-state index is 11.7. The van der Waals surface area contributed by atoms with E-state index in [0.29, 0.717) is 5.13 Å². The maximum atomic E-state index is 11.7. The Morgan fingerprint density at radius 3 is 3.00 bits per heavy atom. The molecule has 2 aromatic rings. The molecule has 0 saturated heterocycles. The molecule has 0 bridgehead atoms. The van der Waals surface area contributed by atoms with E-state index in [9.17, 15) is 4.79 Å². The number of unbranched alkanes of at least 4 members (excludes halogenated alkanes) is 1. The molecule has 2 rings (SSSR count). The van der Waals surface area contributed by atoms with Crippen LogP contribution in [0.1, 0.15) is 25.3 Å². The zero-order chi connectivity index (χ0) is 14.2. The van der Waals surface area contributed by atoms with Crippen molar-refractivity contribution in [1.29, 1.82) is 0 Å². The highest BCUT2D eigenvalue weighted by molar-refractivity contribution is 7.13. The number of aromatic nitrogens is 1. The third-order valence-electron chi connectivity index (χ3n) is 2.81. The molecule has 1 heterocycles. The fraction of sp³-hybridized carbons (Fsp3) is 0.333. The zero-order valence-electron chi connectivity index (χ0n) is 11.5. The van der Waals surface area contributed by atoms with Gasteiger partial charge in [0.25, 0.3) is 5.91 Å². The summed E-state index contributed by atoms with van der Waals surface area (Å²) in [5.41, 5.74) is 1.15. The van der Waals surface area contributed by atoms with Crippen molar-refractivity contribution in [3.05, 3.63) is 41.4 Å². The molecular weight excluding hydrogens is 272 g/mol. The molecule has 0 atom stereocenters. The van der Waals surface area contributed by atoms with Gasteiger partial charge in [-0.2, -0.15) is 0 Å². The van der Waals surface area contributed by atoms with Crippen molar-refractivity contribution in [2.45, 2.75) is 26.2 Å². The van der Waals surface area contributed by atoms with E-state index in [-0.39, 0.29) is 12.5 Å². The number of anilines is 1. The molecule has 106 valence electrons. The Morgan fingerprint density at radius 1 is 1.40 bits per heavy atom. The molecule has 4 nitrogen and oxygen atoms in total. The molecule has 1 aromatic carbocycles. The zero-order valence-corrected chi connectivity index (χ0v) is 12.3. The monoisotopic (exact) mass is 290 g/mol. The Labute approximate surface area is 122 Å². The Hall–Kier alpha value is -1.88. The second-order valence-electron chi connectivity index (χ2n) is 4.39. The molecular formula is C15H18N2O2S. The van der Waals surface area contributed by atoms with Crippen LogP contribution >= 0.6 is 11.3 Å². The standard InChI is InChI=1S/C15H18N2O2S/c1-2-3-6-12-7-4-5-8-13(12)19-11-14(18)17-15-16-9-10-20-15/h4-5,7-10H,2-3,6,11H2,1H3,(H,16,17,18). The van der Waals surface area contributed by atoms with Gasteiger partial charge >= 0.3 is 0 Å². The first-order valence-corrected chi connectivity index (χ1v) is 7.57. The lowest BCUT2D eigenvalue weighted by Crippen LogP contribution is -2.20. The number of hydrogen-bond donors (Lipinski definition) is 1. The lowest BCUT2D eigenvalue weighted by Gasteiger charge is -2.10. The second kappa shape index (κ2) is 7.65. The number of ether oxygens (including phenoxy) is 1. The van der Waals surface area contributed by atoms with Crippen LogP contribution in [0.5, 0.6) is 5.75 Å². The summed E-state index contributed by atoms with van der Waals surface area (Å²) < 4.78 is 5.61. The SMILES string of the molecule is CCCCc1ccccc1OCC(=O)Nc1nccs1. The van der Waals surface area contributed by atoms with Gasteiger partial charge in [0.1, 0.15) is 5.75 Å². The maximum Gasteiger partial charge on any atom is 0.264 e. The third-order valence-corrected chi connectivity index (χ3v) is 3.50. The Kier molecular flexibility index (Phi) is 5.55. The van der Waals surface area contributed by atoms with Crippen molar-refractivity contribution in [1.82, 2.24) is 4.98 Å². The van der Waals surface area contributed by atoms with E-state index in [4.69, 9.17) is 4.74 Å². The number of thiazole rings is 1. The van der Waals surface area contributed by atoms with E-state index in [1.165, 1.54) is 11.3 Å². The van der Waals surface area contributed by atoms with E-state index in [1.54, 1.807) is 6.20 Å². The first-order chi connectivity index (χ1) is 9.79. The number of aryl methyl sites for hydroxylation is 1.